The van der Waals surface area contributed by atoms with E-state index in [0.29, 0.717) is 37.5 Å². The number of rotatable bonds is 17. The first-order valence-corrected chi connectivity index (χ1v) is 13.8. The second-order valence-corrected chi connectivity index (χ2v) is 9.85. The maximum absolute atomic E-state index is 13.0. The molecule has 0 fully saturated rings. The van der Waals surface area contributed by atoms with Gasteiger partial charge in [-0.15, -0.1) is 10.2 Å². The summed E-state index contributed by atoms with van der Waals surface area (Å²) in [5, 5.41) is 10.8. The average Bonchev–Trinajstić information content (AvgIpc) is 2.91. The second kappa shape index (κ2) is 17.7. The lowest BCUT2D eigenvalue weighted by atomic mass is 9.92. The maximum atomic E-state index is 13.0. The lowest BCUT2D eigenvalue weighted by molar-refractivity contribution is -0.134. The highest BCUT2D eigenvalue weighted by atomic mass is 16.5. The monoisotopic (exact) mass is 536 g/mol. The van der Waals surface area contributed by atoms with Crippen LogP contribution in [0, 0.1) is 12.8 Å². The molecule has 1 atom stereocenters. The Labute approximate surface area is 232 Å². The van der Waals surface area contributed by atoms with Crippen molar-refractivity contribution < 1.29 is 14.3 Å². The molecule has 39 heavy (non-hydrogen) atoms. The van der Waals surface area contributed by atoms with Crippen molar-refractivity contribution >= 4 is 23.5 Å². The molecule has 2 rings (SSSR count). The normalized spacial score (nSPS) is 12.7. The molecule has 1 unspecified atom stereocenters. The third kappa shape index (κ3) is 13.1. The zero-order valence-corrected chi connectivity index (χ0v) is 23.3. The van der Waals surface area contributed by atoms with Crippen LogP contribution in [-0.4, -0.2) is 36.6 Å². The number of amidine groups is 2. The van der Waals surface area contributed by atoms with Gasteiger partial charge in [0.25, 0.3) is 0 Å². The highest BCUT2D eigenvalue weighted by molar-refractivity contribution is 5.97. The van der Waals surface area contributed by atoms with Crippen LogP contribution in [0.15, 0.2) is 58.7 Å². The van der Waals surface area contributed by atoms with Crippen molar-refractivity contribution in [3.63, 3.8) is 0 Å². The van der Waals surface area contributed by atoms with Crippen molar-refractivity contribution in [2.24, 2.45) is 33.3 Å². The summed E-state index contributed by atoms with van der Waals surface area (Å²) in [4.78, 5) is 25.0. The number of aryl methyl sites for hydroxylation is 1. The first-order valence-electron chi connectivity index (χ1n) is 13.8. The van der Waals surface area contributed by atoms with E-state index < -0.39 is 0 Å². The van der Waals surface area contributed by atoms with Gasteiger partial charge in [-0.25, -0.2) is 0 Å². The van der Waals surface area contributed by atoms with Crippen LogP contribution in [0.2, 0.25) is 0 Å². The summed E-state index contributed by atoms with van der Waals surface area (Å²) < 4.78 is 5.38. The van der Waals surface area contributed by atoms with E-state index in [4.69, 9.17) is 21.9 Å². The fourth-order valence-corrected chi connectivity index (χ4v) is 4.11. The predicted molar refractivity (Wildman–Crippen MR) is 157 cm³/mol. The first kappa shape index (κ1) is 31.5. The largest absolute Gasteiger partial charge is 0.427 e. The van der Waals surface area contributed by atoms with Crippen LogP contribution in [0.5, 0.6) is 5.75 Å². The summed E-state index contributed by atoms with van der Waals surface area (Å²) in [6.45, 7) is 4.84. The Balaban J connectivity index is 1.74. The fourth-order valence-electron chi connectivity index (χ4n) is 4.11. The van der Waals surface area contributed by atoms with Gasteiger partial charge in [-0.3, -0.25) is 9.59 Å². The number of nitrogens with two attached hydrogens (primary N) is 3. The summed E-state index contributed by atoms with van der Waals surface area (Å²) in [6.07, 6.45) is 7.08. The van der Waals surface area contributed by atoms with E-state index in [1.54, 1.807) is 13.0 Å². The molecule has 7 N–H and O–H groups in total. The third-order valence-electron chi connectivity index (χ3n) is 6.25. The zero-order chi connectivity index (χ0) is 28.5. The molecule has 0 bridgehead atoms. The SMILES string of the molecule is C/C(N)=N/N=C(\N)c1ccc(CC(CCCCN)C(=O)NCCCCCCC(=O)Oc2cccc(C)c2)cc1. The lowest BCUT2D eigenvalue weighted by Gasteiger charge is -2.17. The number of esters is 1. The number of nitrogens with zero attached hydrogens (tertiary/aromatic N) is 2. The van der Waals surface area contributed by atoms with Crippen molar-refractivity contribution in [3.8, 4) is 5.75 Å². The number of amides is 1. The van der Waals surface area contributed by atoms with Crippen LogP contribution < -0.4 is 27.3 Å². The molecule has 0 heterocycles. The van der Waals surface area contributed by atoms with Gasteiger partial charge in [0, 0.05) is 24.4 Å². The van der Waals surface area contributed by atoms with Crippen molar-refractivity contribution in [1.29, 1.82) is 0 Å². The van der Waals surface area contributed by atoms with Gasteiger partial charge in [0.2, 0.25) is 5.91 Å². The number of benzene rings is 2. The van der Waals surface area contributed by atoms with E-state index in [1.165, 1.54) is 0 Å². The van der Waals surface area contributed by atoms with E-state index in [2.05, 4.69) is 15.5 Å². The average molecular weight is 537 g/mol. The Morgan fingerprint density at radius 1 is 0.949 bits per heavy atom. The first-order chi connectivity index (χ1) is 18.8. The number of nitrogens with one attached hydrogen (secondary N) is 1. The van der Waals surface area contributed by atoms with Gasteiger partial charge in [0.05, 0.1) is 0 Å². The van der Waals surface area contributed by atoms with Gasteiger partial charge in [0.15, 0.2) is 5.84 Å². The van der Waals surface area contributed by atoms with Crippen LogP contribution in [-0.2, 0) is 16.0 Å². The lowest BCUT2D eigenvalue weighted by Crippen LogP contribution is -2.32. The number of hydrogen-bond donors (Lipinski definition) is 4. The quantitative estimate of drug-likeness (QED) is 0.0598. The minimum atomic E-state index is -0.212. The number of ether oxygens (including phenoxy) is 1. The molecule has 212 valence electrons. The molecule has 0 aromatic heterocycles. The molecule has 9 heteroatoms. The molecule has 0 saturated carbocycles. The summed E-state index contributed by atoms with van der Waals surface area (Å²) in [7, 11) is 0. The van der Waals surface area contributed by atoms with Crippen molar-refractivity contribution in [3.05, 3.63) is 65.2 Å². The molecule has 2 aromatic carbocycles. The smallest absolute Gasteiger partial charge is 0.311 e. The van der Waals surface area contributed by atoms with Crippen LogP contribution >= 0.6 is 0 Å². The Morgan fingerprint density at radius 3 is 2.38 bits per heavy atom. The zero-order valence-electron chi connectivity index (χ0n) is 23.3. The van der Waals surface area contributed by atoms with Crippen LogP contribution in [0.4, 0.5) is 0 Å². The van der Waals surface area contributed by atoms with E-state index in [-0.39, 0.29) is 23.6 Å². The van der Waals surface area contributed by atoms with E-state index in [9.17, 15) is 9.59 Å². The molecule has 1 amide bonds. The van der Waals surface area contributed by atoms with Crippen molar-refractivity contribution in [2.45, 2.75) is 71.6 Å². The highest BCUT2D eigenvalue weighted by Gasteiger charge is 2.18. The molecule has 2 aromatic rings. The standard InChI is InChI=1S/C30H44N6O3/c1-22-10-9-12-27(20-22)39-28(37)13-5-3-4-8-19-34-30(38)26(11-6-7-18-31)21-24-14-16-25(17-15-24)29(33)36-35-23(2)32/h9-10,12,14-17,20,26H,3-8,11,13,18-19,21,31H2,1-2H3,(H2,32,35)(H2,33,36)(H,34,38). The van der Waals surface area contributed by atoms with E-state index >= 15 is 0 Å². The Hall–Kier alpha value is -3.72. The maximum Gasteiger partial charge on any atom is 0.311 e. The van der Waals surface area contributed by atoms with Gasteiger partial charge in [-0.1, -0.05) is 55.7 Å². The van der Waals surface area contributed by atoms with Gasteiger partial charge >= 0.3 is 5.97 Å². The molecule has 0 aliphatic rings. The van der Waals surface area contributed by atoms with Gasteiger partial charge in [-0.05, 0) is 75.8 Å². The van der Waals surface area contributed by atoms with Crippen LogP contribution in [0.25, 0.3) is 0 Å². The molecule has 0 saturated heterocycles. The summed E-state index contributed by atoms with van der Waals surface area (Å²) in [5.41, 5.74) is 20.0. The molecule has 0 spiro atoms. The van der Waals surface area contributed by atoms with Crippen LogP contribution in [0.3, 0.4) is 0 Å². The fraction of sp³-hybridized carbons (Fsp3) is 0.467. The minimum absolute atomic E-state index is 0.0617. The molecule has 9 nitrogen and oxygen atoms in total. The van der Waals surface area contributed by atoms with Crippen LogP contribution in [0.1, 0.15) is 75.0 Å². The molecule has 0 aliphatic heterocycles. The highest BCUT2D eigenvalue weighted by Crippen LogP contribution is 2.17. The molecule has 0 aliphatic carbocycles. The Kier molecular flexibility index (Phi) is 14.3. The molecular formula is C30H44N6O3. The molecule has 0 radical (unpaired) electrons. The number of carbonyl (C=O) groups is 2. The third-order valence-corrected chi connectivity index (χ3v) is 6.25. The summed E-state index contributed by atoms with van der Waals surface area (Å²) in [5.74, 6) is 0.925. The predicted octanol–water partition coefficient (Wildman–Crippen LogP) is 3.95. The van der Waals surface area contributed by atoms with Crippen molar-refractivity contribution in [2.75, 3.05) is 13.1 Å². The molecular weight excluding hydrogens is 492 g/mol. The Morgan fingerprint density at radius 2 is 1.69 bits per heavy atom. The van der Waals surface area contributed by atoms with Gasteiger partial charge in [0.1, 0.15) is 11.6 Å². The minimum Gasteiger partial charge on any atom is -0.427 e. The van der Waals surface area contributed by atoms with E-state index in [0.717, 1.165) is 61.6 Å². The van der Waals surface area contributed by atoms with Gasteiger partial charge in [-0.2, -0.15) is 0 Å². The van der Waals surface area contributed by atoms with E-state index in [1.807, 2.05) is 49.4 Å². The number of carbonyl (C=O) groups excluding carboxylic acids is 2. The number of unbranched alkanes of at least 4 members (excludes halogenated alkanes) is 4. The number of hydrogen-bond acceptors (Lipinski definition) is 6. The van der Waals surface area contributed by atoms with Gasteiger partial charge < -0.3 is 27.3 Å². The van der Waals surface area contributed by atoms with Crippen molar-refractivity contribution in [1.82, 2.24) is 5.32 Å². The Bertz CT molecular complexity index is 1090. The second-order valence-electron chi connectivity index (χ2n) is 9.85. The summed E-state index contributed by atoms with van der Waals surface area (Å²) >= 11 is 0. The topological polar surface area (TPSA) is 158 Å². The summed E-state index contributed by atoms with van der Waals surface area (Å²) in [6, 6.07) is 15.2.